The molecule has 0 aromatic carbocycles. The summed E-state index contributed by atoms with van der Waals surface area (Å²) < 4.78 is 5.48. The van der Waals surface area contributed by atoms with Crippen molar-refractivity contribution >= 4 is 0 Å². The van der Waals surface area contributed by atoms with Crippen LogP contribution in [0.25, 0.3) is 0 Å². The minimum absolute atomic E-state index is 0.133. The van der Waals surface area contributed by atoms with Gasteiger partial charge < -0.3 is 9.84 Å². The topological polar surface area (TPSA) is 32.7 Å². The van der Waals surface area contributed by atoms with Crippen LogP contribution in [0.15, 0.2) is 0 Å². The van der Waals surface area contributed by atoms with Crippen LogP contribution in [0.1, 0.15) is 39.5 Å². The van der Waals surface area contributed by atoms with Crippen molar-refractivity contribution in [3.05, 3.63) is 0 Å². The molecule has 1 heterocycles. The minimum atomic E-state index is -0.133. The lowest BCUT2D eigenvalue weighted by atomic mass is 9.73. The highest BCUT2D eigenvalue weighted by atomic mass is 16.5. The average molecular weight is 227 g/mol. The number of nitrogens with zero attached hydrogens (tertiary/aromatic N) is 1. The molecule has 0 bridgehead atoms. The molecule has 2 fully saturated rings. The van der Waals surface area contributed by atoms with Crippen LogP contribution in [-0.2, 0) is 4.74 Å². The van der Waals surface area contributed by atoms with Gasteiger partial charge in [0.15, 0.2) is 0 Å². The van der Waals surface area contributed by atoms with E-state index in [2.05, 4.69) is 18.7 Å². The number of hydrogen-bond acceptors (Lipinski definition) is 3. The Morgan fingerprint density at radius 3 is 2.88 bits per heavy atom. The van der Waals surface area contributed by atoms with Crippen molar-refractivity contribution in [1.29, 1.82) is 0 Å². The summed E-state index contributed by atoms with van der Waals surface area (Å²) >= 11 is 0. The SMILES string of the molecule is CC1(C)CCC(O)C(N2CCCOCC2)C1. The quantitative estimate of drug-likeness (QED) is 0.739. The van der Waals surface area contributed by atoms with Crippen LogP contribution in [0.5, 0.6) is 0 Å². The predicted molar refractivity (Wildman–Crippen MR) is 64.4 cm³/mol. The van der Waals surface area contributed by atoms with Gasteiger partial charge in [0.25, 0.3) is 0 Å². The summed E-state index contributed by atoms with van der Waals surface area (Å²) in [5.74, 6) is 0. The molecule has 0 aromatic rings. The van der Waals surface area contributed by atoms with Gasteiger partial charge in [-0.1, -0.05) is 13.8 Å². The highest BCUT2D eigenvalue weighted by Crippen LogP contribution is 2.37. The van der Waals surface area contributed by atoms with Gasteiger partial charge in [0, 0.05) is 25.7 Å². The predicted octanol–water partition coefficient (Wildman–Crippen LogP) is 1.65. The molecule has 2 rings (SSSR count). The van der Waals surface area contributed by atoms with Crippen molar-refractivity contribution in [3.63, 3.8) is 0 Å². The molecule has 0 radical (unpaired) electrons. The molecule has 0 aromatic heterocycles. The van der Waals surface area contributed by atoms with E-state index in [1.54, 1.807) is 0 Å². The largest absolute Gasteiger partial charge is 0.391 e. The molecular formula is C13H25NO2. The molecule has 94 valence electrons. The summed E-state index contributed by atoms with van der Waals surface area (Å²) in [5.41, 5.74) is 0.386. The van der Waals surface area contributed by atoms with Crippen LogP contribution in [-0.4, -0.2) is 48.5 Å². The maximum absolute atomic E-state index is 10.2. The van der Waals surface area contributed by atoms with E-state index in [9.17, 15) is 5.11 Å². The van der Waals surface area contributed by atoms with Crippen LogP contribution >= 0.6 is 0 Å². The lowest BCUT2D eigenvalue weighted by Gasteiger charge is -2.43. The number of hydrogen-bond donors (Lipinski definition) is 1. The van der Waals surface area contributed by atoms with Crippen molar-refractivity contribution in [2.45, 2.75) is 51.7 Å². The van der Waals surface area contributed by atoms with E-state index in [1.807, 2.05) is 0 Å². The third-order valence-electron chi connectivity index (χ3n) is 4.05. The molecule has 2 unspecified atom stereocenters. The summed E-state index contributed by atoms with van der Waals surface area (Å²) in [6.07, 6.45) is 4.19. The van der Waals surface area contributed by atoms with E-state index in [0.29, 0.717) is 11.5 Å². The van der Waals surface area contributed by atoms with Gasteiger partial charge in [0.2, 0.25) is 0 Å². The van der Waals surface area contributed by atoms with Crippen molar-refractivity contribution in [2.24, 2.45) is 5.41 Å². The fraction of sp³-hybridized carbons (Fsp3) is 1.00. The second kappa shape index (κ2) is 5.03. The monoisotopic (exact) mass is 227 g/mol. The molecule has 2 aliphatic rings. The fourth-order valence-corrected chi connectivity index (χ4v) is 3.00. The molecule has 16 heavy (non-hydrogen) atoms. The maximum Gasteiger partial charge on any atom is 0.0695 e. The number of aliphatic hydroxyl groups excluding tert-OH is 1. The molecular weight excluding hydrogens is 202 g/mol. The van der Waals surface area contributed by atoms with Gasteiger partial charge in [0.1, 0.15) is 0 Å². The fourth-order valence-electron chi connectivity index (χ4n) is 3.00. The standard InChI is InChI=1S/C13H25NO2/c1-13(2)5-4-12(15)11(10-13)14-6-3-8-16-9-7-14/h11-12,15H,3-10H2,1-2H3. The molecule has 1 aliphatic carbocycles. The van der Waals surface area contributed by atoms with Gasteiger partial charge in [-0.05, 0) is 31.1 Å². The molecule has 2 atom stereocenters. The average Bonchev–Trinajstić information content (AvgIpc) is 2.50. The molecule has 3 heteroatoms. The lowest BCUT2D eigenvalue weighted by Crippen LogP contribution is -2.50. The Labute approximate surface area is 98.8 Å². The first-order chi connectivity index (χ1) is 7.58. The van der Waals surface area contributed by atoms with Crippen LogP contribution in [0.3, 0.4) is 0 Å². The van der Waals surface area contributed by atoms with Gasteiger partial charge in [-0.25, -0.2) is 0 Å². The molecule has 1 saturated heterocycles. The summed E-state index contributed by atoms with van der Waals surface area (Å²) in [6, 6.07) is 0.352. The summed E-state index contributed by atoms with van der Waals surface area (Å²) in [4.78, 5) is 2.44. The zero-order valence-electron chi connectivity index (χ0n) is 10.6. The Morgan fingerprint density at radius 1 is 1.25 bits per heavy atom. The number of rotatable bonds is 1. The first-order valence-corrected chi connectivity index (χ1v) is 6.58. The van der Waals surface area contributed by atoms with E-state index in [4.69, 9.17) is 4.74 Å². The Hall–Kier alpha value is -0.120. The van der Waals surface area contributed by atoms with E-state index < -0.39 is 0 Å². The van der Waals surface area contributed by atoms with Gasteiger partial charge in [-0.15, -0.1) is 0 Å². The van der Waals surface area contributed by atoms with Crippen molar-refractivity contribution in [1.82, 2.24) is 4.90 Å². The minimum Gasteiger partial charge on any atom is -0.391 e. The highest BCUT2D eigenvalue weighted by molar-refractivity contribution is 4.91. The third kappa shape index (κ3) is 2.96. The van der Waals surface area contributed by atoms with Gasteiger partial charge in [-0.3, -0.25) is 4.90 Å². The summed E-state index contributed by atoms with van der Waals surface area (Å²) in [7, 11) is 0. The second-order valence-electron chi connectivity index (χ2n) is 6.04. The smallest absolute Gasteiger partial charge is 0.0695 e. The van der Waals surface area contributed by atoms with Crippen molar-refractivity contribution < 1.29 is 9.84 Å². The van der Waals surface area contributed by atoms with E-state index in [0.717, 1.165) is 52.0 Å². The molecule has 1 N–H and O–H groups in total. The molecule has 0 amide bonds. The molecule has 3 nitrogen and oxygen atoms in total. The summed E-state index contributed by atoms with van der Waals surface area (Å²) in [5, 5.41) is 10.2. The lowest BCUT2D eigenvalue weighted by molar-refractivity contribution is -0.0176. The van der Waals surface area contributed by atoms with Crippen LogP contribution < -0.4 is 0 Å². The zero-order chi connectivity index (χ0) is 11.6. The second-order valence-corrected chi connectivity index (χ2v) is 6.04. The normalized spacial score (nSPS) is 36.9. The molecule has 1 saturated carbocycles. The Kier molecular flexibility index (Phi) is 3.88. The van der Waals surface area contributed by atoms with Crippen molar-refractivity contribution in [2.75, 3.05) is 26.3 Å². The molecule has 0 spiro atoms. The van der Waals surface area contributed by atoms with E-state index in [-0.39, 0.29) is 6.10 Å². The zero-order valence-corrected chi connectivity index (χ0v) is 10.6. The maximum atomic E-state index is 10.2. The van der Waals surface area contributed by atoms with E-state index in [1.165, 1.54) is 0 Å². The Morgan fingerprint density at radius 2 is 2.06 bits per heavy atom. The Balaban J connectivity index is 1.99. The number of ether oxygens (including phenoxy) is 1. The van der Waals surface area contributed by atoms with Crippen LogP contribution in [0, 0.1) is 5.41 Å². The molecule has 1 aliphatic heterocycles. The first-order valence-electron chi connectivity index (χ1n) is 6.58. The van der Waals surface area contributed by atoms with Gasteiger partial charge >= 0.3 is 0 Å². The Bertz CT molecular complexity index is 222. The summed E-state index contributed by atoms with van der Waals surface area (Å²) in [6.45, 7) is 8.41. The third-order valence-corrected chi connectivity index (χ3v) is 4.05. The highest BCUT2D eigenvalue weighted by Gasteiger charge is 2.37. The van der Waals surface area contributed by atoms with Crippen molar-refractivity contribution in [3.8, 4) is 0 Å². The number of aliphatic hydroxyl groups is 1. The van der Waals surface area contributed by atoms with Crippen LogP contribution in [0.4, 0.5) is 0 Å². The van der Waals surface area contributed by atoms with Gasteiger partial charge in [-0.2, -0.15) is 0 Å². The van der Waals surface area contributed by atoms with Crippen LogP contribution in [0.2, 0.25) is 0 Å². The first kappa shape index (κ1) is 12.3. The van der Waals surface area contributed by atoms with E-state index >= 15 is 0 Å². The van der Waals surface area contributed by atoms with Gasteiger partial charge in [0.05, 0.1) is 12.7 Å².